The number of nitriles is 1. The van der Waals surface area contributed by atoms with E-state index in [4.69, 9.17) is 4.85 Å². The molecule has 0 spiro atoms. The first-order chi connectivity index (χ1) is 33.2. The summed E-state index contributed by atoms with van der Waals surface area (Å²) in [5.41, 5.74) is 12.6. The predicted molar refractivity (Wildman–Crippen MR) is 285 cm³/mol. The van der Waals surface area contributed by atoms with Crippen molar-refractivity contribution in [2.75, 3.05) is 0 Å². The molecule has 0 saturated heterocycles. The Labute approximate surface area is 394 Å². The lowest BCUT2D eigenvalue weighted by atomic mass is 9.79. The van der Waals surface area contributed by atoms with Gasteiger partial charge in [-0.1, -0.05) is 200 Å². The normalized spacial score (nSPS) is 11.6. The molecule has 0 unspecified atom stereocenters. The highest BCUT2D eigenvalue weighted by atomic mass is 32.1. The van der Waals surface area contributed by atoms with Gasteiger partial charge in [0.05, 0.1) is 38.3 Å². The summed E-state index contributed by atoms with van der Waals surface area (Å²) in [5, 5.41) is 19.2. The number of nitrogens with zero attached hydrogens (tertiary/aromatic N) is 3. The Bertz CT molecular complexity index is 4020. The third kappa shape index (κ3) is 5.86. The minimum atomic E-state index is 0.488. The number of hydrogen-bond donors (Lipinski definition) is 0. The van der Waals surface area contributed by atoms with Crippen molar-refractivity contribution in [3.63, 3.8) is 0 Å². The molecule has 3 aromatic heterocycles. The molecular formula is C62H35N3S2. The SMILES string of the molecule is [C-]#[N+]c1c(-c2c(-c3ccccc3)cccc2-c2ccccc2)c(-c2ccccc2)c(C#N)c(-n2c3c(ccc4c5ccccc5sc43)c3ccc4c5ccccc5sc4c32)c1-c1ccccc1. The molecule has 13 rings (SSSR count). The van der Waals surface area contributed by atoms with Gasteiger partial charge in [-0.05, 0) is 62.2 Å². The smallest absolute Gasteiger partial charge is 0.205 e. The van der Waals surface area contributed by atoms with Gasteiger partial charge in [0.25, 0.3) is 0 Å². The Hall–Kier alpha value is -8.58. The monoisotopic (exact) mass is 885 g/mol. The van der Waals surface area contributed by atoms with Crippen molar-refractivity contribution >= 4 is 90.5 Å². The summed E-state index contributed by atoms with van der Waals surface area (Å²) in [6.07, 6.45) is 0. The van der Waals surface area contributed by atoms with Gasteiger partial charge in [-0.25, -0.2) is 4.85 Å². The van der Waals surface area contributed by atoms with Crippen LogP contribution in [0.15, 0.2) is 212 Å². The van der Waals surface area contributed by atoms with Crippen LogP contribution in [0.4, 0.5) is 5.69 Å². The molecular weight excluding hydrogens is 851 g/mol. The van der Waals surface area contributed by atoms with E-state index in [-0.39, 0.29) is 0 Å². The van der Waals surface area contributed by atoms with E-state index in [1.54, 1.807) is 22.7 Å². The maximum Gasteiger partial charge on any atom is 0.205 e. The molecule has 3 heterocycles. The molecule has 0 amide bonds. The summed E-state index contributed by atoms with van der Waals surface area (Å²) >= 11 is 3.58. The fourth-order valence-corrected chi connectivity index (χ4v) is 13.0. The van der Waals surface area contributed by atoms with E-state index < -0.39 is 0 Å². The maximum absolute atomic E-state index is 12.3. The largest absolute Gasteiger partial charge is 0.306 e. The summed E-state index contributed by atoms with van der Waals surface area (Å²) < 4.78 is 7.08. The van der Waals surface area contributed by atoms with Crippen molar-refractivity contribution < 1.29 is 0 Å². The summed E-state index contributed by atoms with van der Waals surface area (Å²) in [6, 6.07) is 77.1. The first-order valence-corrected chi connectivity index (χ1v) is 23.9. The number of fused-ring (bicyclic) bond motifs is 11. The van der Waals surface area contributed by atoms with Crippen molar-refractivity contribution in [3.05, 3.63) is 229 Å². The second-order valence-electron chi connectivity index (χ2n) is 16.8. The van der Waals surface area contributed by atoms with Crippen molar-refractivity contribution in [1.82, 2.24) is 4.57 Å². The molecule has 0 aliphatic carbocycles. The fourth-order valence-electron chi connectivity index (χ4n) is 10.5. The fraction of sp³-hybridized carbons (Fsp3) is 0. The lowest BCUT2D eigenvalue weighted by Gasteiger charge is -2.27. The van der Waals surface area contributed by atoms with Crippen LogP contribution in [0.5, 0.6) is 0 Å². The van der Waals surface area contributed by atoms with E-state index in [9.17, 15) is 11.8 Å². The first kappa shape index (κ1) is 38.8. The zero-order valence-electron chi connectivity index (χ0n) is 35.9. The van der Waals surface area contributed by atoms with Gasteiger partial charge in [-0.3, -0.25) is 0 Å². The Morgan fingerprint density at radius 2 is 0.806 bits per heavy atom. The Morgan fingerprint density at radius 3 is 1.27 bits per heavy atom. The minimum absolute atomic E-state index is 0.488. The zero-order chi connectivity index (χ0) is 44.6. The molecule has 0 saturated carbocycles. The predicted octanol–water partition coefficient (Wildman–Crippen LogP) is 18.3. The molecule has 0 fully saturated rings. The molecule has 13 aromatic rings. The molecule has 0 radical (unpaired) electrons. The average Bonchev–Trinajstić information content (AvgIpc) is 4.08. The van der Waals surface area contributed by atoms with Crippen molar-refractivity contribution in [2.45, 2.75) is 0 Å². The summed E-state index contributed by atoms with van der Waals surface area (Å²) in [5.74, 6) is 0. The van der Waals surface area contributed by atoms with Gasteiger partial charge in [0.1, 0.15) is 6.07 Å². The Morgan fingerprint density at radius 1 is 0.388 bits per heavy atom. The average molecular weight is 886 g/mol. The van der Waals surface area contributed by atoms with Crippen LogP contribution >= 0.6 is 22.7 Å². The van der Waals surface area contributed by atoms with Gasteiger partial charge >= 0.3 is 0 Å². The molecule has 5 heteroatoms. The first-order valence-electron chi connectivity index (χ1n) is 22.3. The second kappa shape index (κ2) is 15.5. The molecule has 0 aliphatic rings. The highest BCUT2D eigenvalue weighted by Crippen LogP contribution is 2.57. The van der Waals surface area contributed by atoms with E-state index >= 15 is 0 Å². The van der Waals surface area contributed by atoms with Crippen molar-refractivity contribution in [1.29, 1.82) is 5.26 Å². The van der Waals surface area contributed by atoms with Crippen LogP contribution < -0.4 is 0 Å². The highest BCUT2D eigenvalue weighted by molar-refractivity contribution is 7.27. The molecule has 310 valence electrons. The van der Waals surface area contributed by atoms with Crippen LogP contribution in [0.3, 0.4) is 0 Å². The van der Waals surface area contributed by atoms with E-state index in [1.807, 2.05) is 48.5 Å². The summed E-state index contributed by atoms with van der Waals surface area (Å²) in [4.78, 5) is 4.71. The van der Waals surface area contributed by atoms with E-state index in [2.05, 4.69) is 174 Å². The van der Waals surface area contributed by atoms with Gasteiger partial charge in [0.2, 0.25) is 5.69 Å². The summed E-state index contributed by atoms with van der Waals surface area (Å²) in [6.45, 7) is 9.55. The topological polar surface area (TPSA) is 33.1 Å². The van der Waals surface area contributed by atoms with Crippen molar-refractivity contribution in [2.24, 2.45) is 0 Å². The quantitative estimate of drug-likeness (QED) is 0.153. The molecule has 10 aromatic carbocycles. The van der Waals surface area contributed by atoms with Gasteiger partial charge < -0.3 is 4.57 Å². The van der Waals surface area contributed by atoms with Crippen LogP contribution in [-0.2, 0) is 0 Å². The molecule has 0 N–H and O–H groups in total. The molecule has 3 nitrogen and oxygen atoms in total. The Kier molecular flexibility index (Phi) is 9.01. The van der Waals surface area contributed by atoms with Crippen LogP contribution in [0.2, 0.25) is 0 Å². The molecule has 0 bridgehead atoms. The lowest BCUT2D eigenvalue weighted by Crippen LogP contribution is -2.06. The number of hydrogen-bond acceptors (Lipinski definition) is 3. The minimum Gasteiger partial charge on any atom is -0.306 e. The Balaban J connectivity index is 1.33. The standard InChI is InChI=1S/C62H35N3S2/c1-64-57-54(41-25-12-5-13-26-41)58(50(37-63)53(40-23-10-4-11-24-40)56(57)55-42(38-19-6-2-7-20-38)29-18-30-43(55)39-21-8-3-9-22-39)65-59-46(33-35-48-44-27-14-16-31-51(44)66-61(48)59)47-34-36-49-45-28-15-17-32-52(45)67-62(49)60(47)65/h2-36H. The third-order valence-electron chi connectivity index (χ3n) is 13.3. The zero-order valence-corrected chi connectivity index (χ0v) is 37.5. The number of aromatic nitrogens is 1. The van der Waals surface area contributed by atoms with Crippen LogP contribution in [-0.4, -0.2) is 4.57 Å². The maximum atomic E-state index is 12.3. The molecule has 67 heavy (non-hydrogen) atoms. The van der Waals surface area contributed by atoms with Gasteiger partial charge in [-0.15, -0.1) is 22.7 Å². The van der Waals surface area contributed by atoms with Crippen LogP contribution in [0.1, 0.15) is 5.56 Å². The van der Waals surface area contributed by atoms with Crippen LogP contribution in [0.25, 0.3) is 128 Å². The second-order valence-corrected chi connectivity index (χ2v) is 18.9. The number of benzene rings is 10. The molecule has 0 aliphatic heterocycles. The van der Waals surface area contributed by atoms with Gasteiger partial charge in [0, 0.05) is 47.3 Å². The third-order valence-corrected chi connectivity index (χ3v) is 15.7. The highest BCUT2D eigenvalue weighted by Gasteiger charge is 2.33. The van der Waals surface area contributed by atoms with E-state index in [0.717, 1.165) is 86.8 Å². The van der Waals surface area contributed by atoms with Crippen molar-refractivity contribution in [3.8, 4) is 67.4 Å². The number of thiophene rings is 2. The summed E-state index contributed by atoms with van der Waals surface area (Å²) in [7, 11) is 0. The van der Waals surface area contributed by atoms with Gasteiger partial charge in [-0.2, -0.15) is 5.26 Å². The van der Waals surface area contributed by atoms with Gasteiger partial charge in [0.15, 0.2) is 0 Å². The lowest BCUT2D eigenvalue weighted by molar-refractivity contribution is 1.19. The van der Waals surface area contributed by atoms with Crippen LogP contribution in [0, 0.1) is 17.9 Å². The van der Waals surface area contributed by atoms with E-state index in [1.165, 1.54) is 30.9 Å². The van der Waals surface area contributed by atoms with E-state index in [0.29, 0.717) is 16.9 Å². The molecule has 0 atom stereocenters. The number of rotatable bonds is 6.